The normalized spacial score (nSPS) is 12.6. The first-order chi connectivity index (χ1) is 18.9. The quantitative estimate of drug-likeness (QED) is 0.225. The topological polar surface area (TPSA) is 122 Å². The lowest BCUT2D eigenvalue weighted by Crippen LogP contribution is -2.53. The van der Waals surface area contributed by atoms with Crippen molar-refractivity contribution in [1.29, 1.82) is 0 Å². The van der Waals surface area contributed by atoms with E-state index in [1.807, 2.05) is 97.1 Å². The molecule has 0 saturated heterocycles. The number of hydrogen-bond acceptors (Lipinski definition) is 4. The summed E-state index contributed by atoms with van der Waals surface area (Å²) in [6.45, 7) is 0. The second-order valence-corrected chi connectivity index (χ2v) is 9.30. The Kier molecular flexibility index (Phi) is 8.86. The summed E-state index contributed by atoms with van der Waals surface area (Å²) in [6, 6.07) is 35.3. The van der Waals surface area contributed by atoms with Crippen molar-refractivity contribution >= 4 is 17.8 Å². The molecule has 0 unspecified atom stereocenters. The van der Waals surface area contributed by atoms with Gasteiger partial charge >= 0.3 is 5.97 Å². The van der Waals surface area contributed by atoms with Crippen molar-refractivity contribution in [2.45, 2.75) is 30.5 Å². The zero-order chi connectivity index (χ0) is 27.7. The van der Waals surface area contributed by atoms with E-state index >= 15 is 0 Å². The van der Waals surface area contributed by atoms with Gasteiger partial charge in [-0.25, -0.2) is 4.79 Å². The molecule has 0 aliphatic rings. The molecule has 5 N–H and O–H groups in total. The minimum atomic E-state index is -1.25. The van der Waals surface area contributed by atoms with Crippen LogP contribution in [-0.4, -0.2) is 35.0 Å². The van der Waals surface area contributed by atoms with Gasteiger partial charge in [0.05, 0.1) is 12.5 Å². The number of aliphatic carboxylic acids is 1. The first-order valence-electron chi connectivity index (χ1n) is 12.7. The maximum Gasteiger partial charge on any atom is 0.326 e. The number of benzene rings is 4. The second-order valence-electron chi connectivity index (χ2n) is 9.30. The summed E-state index contributed by atoms with van der Waals surface area (Å²) in [7, 11) is 0. The summed E-state index contributed by atoms with van der Waals surface area (Å²) in [5.41, 5.74) is 8.35. The third-order valence-electron chi connectivity index (χ3n) is 6.59. The lowest BCUT2D eigenvalue weighted by atomic mass is 9.77. The minimum Gasteiger partial charge on any atom is -0.480 e. The van der Waals surface area contributed by atoms with Crippen molar-refractivity contribution in [3.63, 3.8) is 0 Å². The first kappa shape index (κ1) is 27.3. The van der Waals surface area contributed by atoms with E-state index in [0.717, 1.165) is 22.3 Å². The number of carboxylic acids is 1. The van der Waals surface area contributed by atoms with Gasteiger partial charge in [0.2, 0.25) is 11.8 Å². The SMILES string of the molecule is N[C@@H](CC(=O)NC(c1ccccc1)(c1ccccc1)c1ccccc1)C(=O)N[C@@H](Cc1ccccc1)C(=O)O. The van der Waals surface area contributed by atoms with Crippen LogP contribution in [-0.2, 0) is 26.3 Å². The lowest BCUT2D eigenvalue weighted by molar-refractivity contribution is -0.142. The minimum absolute atomic E-state index is 0.0972. The number of amides is 2. The van der Waals surface area contributed by atoms with E-state index in [-0.39, 0.29) is 12.8 Å². The van der Waals surface area contributed by atoms with Crippen LogP contribution in [0.4, 0.5) is 0 Å². The van der Waals surface area contributed by atoms with Crippen molar-refractivity contribution in [3.8, 4) is 0 Å². The van der Waals surface area contributed by atoms with Crippen LogP contribution in [0.3, 0.4) is 0 Å². The van der Waals surface area contributed by atoms with Gasteiger partial charge in [0.1, 0.15) is 11.6 Å². The number of carbonyl (C=O) groups excluding carboxylic acids is 2. The first-order valence-corrected chi connectivity index (χ1v) is 12.7. The monoisotopic (exact) mass is 521 g/mol. The van der Waals surface area contributed by atoms with Crippen LogP contribution < -0.4 is 16.4 Å². The molecule has 2 amide bonds. The molecule has 0 fully saturated rings. The third kappa shape index (κ3) is 6.58. The molecule has 7 heteroatoms. The maximum atomic E-state index is 13.5. The Hall–Kier alpha value is -4.75. The third-order valence-corrected chi connectivity index (χ3v) is 6.59. The van der Waals surface area contributed by atoms with Crippen molar-refractivity contribution in [2.75, 3.05) is 0 Å². The molecule has 4 aromatic carbocycles. The fourth-order valence-corrected chi connectivity index (χ4v) is 4.66. The lowest BCUT2D eigenvalue weighted by Gasteiger charge is -2.37. The van der Waals surface area contributed by atoms with Crippen LogP contribution in [0.2, 0.25) is 0 Å². The molecule has 39 heavy (non-hydrogen) atoms. The Morgan fingerprint density at radius 1 is 0.692 bits per heavy atom. The van der Waals surface area contributed by atoms with E-state index in [0.29, 0.717) is 0 Å². The van der Waals surface area contributed by atoms with Crippen LogP contribution in [0.1, 0.15) is 28.7 Å². The van der Waals surface area contributed by atoms with Crippen molar-refractivity contribution in [3.05, 3.63) is 144 Å². The zero-order valence-electron chi connectivity index (χ0n) is 21.4. The average molecular weight is 522 g/mol. The van der Waals surface area contributed by atoms with E-state index in [2.05, 4.69) is 10.6 Å². The van der Waals surface area contributed by atoms with Gasteiger partial charge in [-0.15, -0.1) is 0 Å². The van der Waals surface area contributed by atoms with Gasteiger partial charge in [0.25, 0.3) is 0 Å². The highest BCUT2D eigenvalue weighted by Gasteiger charge is 2.38. The van der Waals surface area contributed by atoms with Gasteiger partial charge < -0.3 is 21.5 Å². The molecule has 0 radical (unpaired) electrons. The van der Waals surface area contributed by atoms with Gasteiger partial charge in [-0.05, 0) is 22.3 Å². The molecule has 0 aromatic heterocycles. The van der Waals surface area contributed by atoms with Crippen LogP contribution in [0.5, 0.6) is 0 Å². The molecule has 7 nitrogen and oxygen atoms in total. The molecular weight excluding hydrogens is 490 g/mol. The predicted molar refractivity (Wildman–Crippen MR) is 150 cm³/mol. The predicted octanol–water partition coefficient (Wildman–Crippen LogP) is 3.62. The maximum absolute atomic E-state index is 13.5. The van der Waals surface area contributed by atoms with Crippen molar-refractivity contribution < 1.29 is 19.5 Å². The molecule has 0 aliphatic heterocycles. The van der Waals surface area contributed by atoms with Gasteiger partial charge in [-0.1, -0.05) is 121 Å². The molecule has 4 rings (SSSR count). The Balaban J connectivity index is 1.57. The van der Waals surface area contributed by atoms with Crippen molar-refractivity contribution in [1.82, 2.24) is 10.6 Å². The summed E-state index contributed by atoms with van der Waals surface area (Å²) in [5, 5.41) is 15.3. The molecule has 0 spiro atoms. The number of carboxylic acid groups (broad SMARTS) is 1. The summed E-state index contributed by atoms with van der Waals surface area (Å²) in [5.74, 6) is -2.34. The van der Waals surface area contributed by atoms with E-state index in [1.54, 1.807) is 24.3 Å². The fourth-order valence-electron chi connectivity index (χ4n) is 4.66. The summed E-state index contributed by atoms with van der Waals surface area (Å²) >= 11 is 0. The number of nitrogens with two attached hydrogens (primary N) is 1. The van der Waals surface area contributed by atoms with Gasteiger partial charge in [0, 0.05) is 6.42 Å². The molecular formula is C32H31N3O4. The highest BCUT2D eigenvalue weighted by atomic mass is 16.4. The van der Waals surface area contributed by atoms with Gasteiger partial charge in [0.15, 0.2) is 0 Å². The zero-order valence-corrected chi connectivity index (χ0v) is 21.4. The van der Waals surface area contributed by atoms with Crippen LogP contribution in [0, 0.1) is 0 Å². The Morgan fingerprint density at radius 3 is 1.51 bits per heavy atom. The van der Waals surface area contributed by atoms with Gasteiger partial charge in [-0.3, -0.25) is 9.59 Å². The molecule has 2 atom stereocenters. The van der Waals surface area contributed by atoms with Crippen LogP contribution >= 0.6 is 0 Å². The summed E-state index contributed by atoms with van der Waals surface area (Å²) in [4.78, 5) is 38.2. The number of nitrogens with one attached hydrogen (secondary N) is 2. The molecule has 0 heterocycles. The van der Waals surface area contributed by atoms with E-state index in [4.69, 9.17) is 5.73 Å². The number of rotatable bonds is 11. The van der Waals surface area contributed by atoms with Gasteiger partial charge in [-0.2, -0.15) is 0 Å². The number of carbonyl (C=O) groups is 3. The molecule has 0 bridgehead atoms. The molecule has 198 valence electrons. The van der Waals surface area contributed by atoms with Crippen LogP contribution in [0.15, 0.2) is 121 Å². The molecule has 4 aromatic rings. The number of hydrogen-bond donors (Lipinski definition) is 4. The smallest absolute Gasteiger partial charge is 0.326 e. The standard InChI is InChI=1S/C32H31N3O4/c33-27(30(37)34-28(31(38)39)21-23-13-5-1-6-14-23)22-29(36)35-32(24-15-7-2-8-16-24,25-17-9-3-10-18-25)26-19-11-4-12-20-26/h1-20,27-28H,21-22,33H2,(H,34,37)(H,35,36)(H,38,39)/t27-,28-/m0/s1. The largest absolute Gasteiger partial charge is 0.480 e. The summed E-state index contributed by atoms with van der Waals surface area (Å²) in [6.07, 6.45) is -0.238. The second kappa shape index (κ2) is 12.7. The van der Waals surface area contributed by atoms with Crippen LogP contribution in [0.25, 0.3) is 0 Å². The molecule has 0 saturated carbocycles. The summed E-state index contributed by atoms with van der Waals surface area (Å²) < 4.78 is 0. The average Bonchev–Trinajstić information content (AvgIpc) is 2.97. The van der Waals surface area contributed by atoms with E-state index in [1.165, 1.54) is 0 Å². The highest BCUT2D eigenvalue weighted by Crippen LogP contribution is 2.36. The van der Waals surface area contributed by atoms with E-state index in [9.17, 15) is 19.5 Å². The fraction of sp³-hybridized carbons (Fsp3) is 0.156. The van der Waals surface area contributed by atoms with E-state index < -0.39 is 35.4 Å². The Bertz CT molecular complexity index is 1280. The Labute approximate surface area is 227 Å². The Morgan fingerprint density at radius 2 is 1.10 bits per heavy atom. The highest BCUT2D eigenvalue weighted by molar-refractivity contribution is 5.91. The molecule has 0 aliphatic carbocycles. The van der Waals surface area contributed by atoms with Crippen molar-refractivity contribution in [2.24, 2.45) is 5.73 Å².